The average molecular weight is 270 g/mol. The first-order valence-electron chi connectivity index (χ1n) is 7.36. The van der Waals surface area contributed by atoms with Crippen LogP contribution in [-0.2, 0) is 9.53 Å². The summed E-state index contributed by atoms with van der Waals surface area (Å²) in [6.45, 7) is 4.70. The van der Waals surface area contributed by atoms with Crippen LogP contribution in [0, 0.1) is 0 Å². The molecule has 0 spiro atoms. The highest BCUT2D eigenvalue weighted by molar-refractivity contribution is 5.76. The maximum Gasteiger partial charge on any atom is 0.223 e. The number of ether oxygens (including phenoxy) is 1. The fourth-order valence-corrected chi connectivity index (χ4v) is 2.89. The van der Waals surface area contributed by atoms with Gasteiger partial charge in [-0.25, -0.2) is 0 Å². The third-order valence-electron chi connectivity index (χ3n) is 4.22. The van der Waals surface area contributed by atoms with Crippen LogP contribution < -0.4 is 0 Å². The highest BCUT2D eigenvalue weighted by atomic mass is 16.5. The Hall–Kier alpha value is -0.650. The minimum atomic E-state index is -0.754. The molecule has 2 fully saturated rings. The van der Waals surface area contributed by atoms with E-state index in [1.165, 1.54) is 12.8 Å². The third-order valence-corrected chi connectivity index (χ3v) is 4.22. The second kappa shape index (κ2) is 6.68. The Morgan fingerprint density at radius 2 is 1.95 bits per heavy atom. The summed E-state index contributed by atoms with van der Waals surface area (Å²) < 4.78 is 5.25. The Kier molecular flexibility index (Phi) is 5.19. The Bertz CT molecular complexity index is 297. The van der Waals surface area contributed by atoms with Crippen LogP contribution in [0.5, 0.6) is 0 Å². The molecule has 0 aliphatic carbocycles. The number of rotatable bonds is 5. The van der Waals surface area contributed by atoms with Gasteiger partial charge >= 0.3 is 0 Å². The predicted molar refractivity (Wildman–Crippen MR) is 72.9 cm³/mol. The molecule has 0 bridgehead atoms. The summed E-state index contributed by atoms with van der Waals surface area (Å²) >= 11 is 0. The van der Waals surface area contributed by atoms with Crippen LogP contribution in [0.4, 0.5) is 0 Å². The van der Waals surface area contributed by atoms with Crippen LogP contribution in [0.25, 0.3) is 0 Å². The van der Waals surface area contributed by atoms with Crippen molar-refractivity contribution in [2.45, 2.75) is 37.7 Å². The molecule has 0 aromatic heterocycles. The fourth-order valence-electron chi connectivity index (χ4n) is 2.89. The number of carbonyl (C=O) groups excluding carboxylic acids is 1. The smallest absolute Gasteiger partial charge is 0.223 e. The number of hydrogen-bond donors (Lipinski definition) is 1. The lowest BCUT2D eigenvalue weighted by Gasteiger charge is -2.35. The van der Waals surface area contributed by atoms with E-state index in [2.05, 4.69) is 4.90 Å². The van der Waals surface area contributed by atoms with E-state index in [9.17, 15) is 9.90 Å². The van der Waals surface area contributed by atoms with Gasteiger partial charge in [0.2, 0.25) is 5.91 Å². The summed E-state index contributed by atoms with van der Waals surface area (Å²) in [6.07, 6.45) is 4.31. The van der Waals surface area contributed by atoms with Crippen molar-refractivity contribution in [3.63, 3.8) is 0 Å². The summed E-state index contributed by atoms with van der Waals surface area (Å²) in [5.41, 5.74) is -0.754. The molecule has 0 saturated carbocycles. The van der Waals surface area contributed by atoms with Crippen LogP contribution in [0.2, 0.25) is 0 Å². The van der Waals surface area contributed by atoms with Gasteiger partial charge in [-0.3, -0.25) is 4.79 Å². The molecule has 5 nitrogen and oxygen atoms in total. The fraction of sp³-hybridized carbons (Fsp3) is 0.929. The van der Waals surface area contributed by atoms with Gasteiger partial charge in [-0.1, -0.05) is 0 Å². The molecule has 0 aromatic carbocycles. The van der Waals surface area contributed by atoms with Crippen molar-refractivity contribution in [2.24, 2.45) is 0 Å². The quantitative estimate of drug-likeness (QED) is 0.789. The summed E-state index contributed by atoms with van der Waals surface area (Å²) in [7, 11) is 1.79. The van der Waals surface area contributed by atoms with E-state index in [0.29, 0.717) is 39.0 Å². The first-order valence-corrected chi connectivity index (χ1v) is 7.36. The van der Waals surface area contributed by atoms with E-state index in [1.807, 2.05) is 0 Å². The van der Waals surface area contributed by atoms with Crippen molar-refractivity contribution in [1.29, 1.82) is 0 Å². The number of hydrogen-bond acceptors (Lipinski definition) is 4. The maximum absolute atomic E-state index is 12.1. The van der Waals surface area contributed by atoms with Crippen molar-refractivity contribution in [2.75, 3.05) is 46.4 Å². The zero-order valence-corrected chi connectivity index (χ0v) is 11.9. The molecule has 0 unspecified atom stereocenters. The first-order chi connectivity index (χ1) is 9.09. The van der Waals surface area contributed by atoms with Gasteiger partial charge in [0.25, 0.3) is 0 Å². The predicted octanol–water partition coefficient (Wildman–Crippen LogP) is 0.472. The number of likely N-dealkylation sites (N-methyl/N-ethyl adjacent to an activating group) is 1. The van der Waals surface area contributed by atoms with E-state index < -0.39 is 5.60 Å². The Labute approximate surface area is 115 Å². The van der Waals surface area contributed by atoms with E-state index in [4.69, 9.17) is 4.74 Å². The molecule has 2 aliphatic heterocycles. The topological polar surface area (TPSA) is 53.0 Å². The molecular formula is C14H26N2O3. The van der Waals surface area contributed by atoms with E-state index >= 15 is 0 Å². The zero-order valence-electron chi connectivity index (χ0n) is 11.9. The van der Waals surface area contributed by atoms with Crippen LogP contribution in [0.3, 0.4) is 0 Å². The molecule has 19 heavy (non-hydrogen) atoms. The summed E-state index contributed by atoms with van der Waals surface area (Å²) in [6, 6.07) is 0. The SMILES string of the molecule is CN(CC1(O)CCOCC1)C(=O)CCN1CCCC1. The van der Waals surface area contributed by atoms with Gasteiger partial charge in [0.15, 0.2) is 0 Å². The molecule has 5 heteroatoms. The zero-order chi connectivity index (χ0) is 13.7. The van der Waals surface area contributed by atoms with E-state index in [1.54, 1.807) is 11.9 Å². The lowest BCUT2D eigenvalue weighted by molar-refractivity contribution is -0.137. The molecule has 1 amide bonds. The largest absolute Gasteiger partial charge is 0.388 e. The Balaban J connectivity index is 1.71. The number of nitrogens with zero attached hydrogens (tertiary/aromatic N) is 2. The third kappa shape index (κ3) is 4.44. The molecule has 1 N–H and O–H groups in total. The number of amides is 1. The van der Waals surface area contributed by atoms with Gasteiger partial charge in [0.05, 0.1) is 5.60 Å². The van der Waals surface area contributed by atoms with Crippen LogP contribution in [0.1, 0.15) is 32.1 Å². The summed E-state index contributed by atoms with van der Waals surface area (Å²) in [5, 5.41) is 10.4. The van der Waals surface area contributed by atoms with Crippen molar-refractivity contribution < 1.29 is 14.6 Å². The first kappa shape index (κ1) is 14.8. The number of carbonyl (C=O) groups is 1. The van der Waals surface area contributed by atoms with Crippen LogP contribution in [-0.4, -0.2) is 72.9 Å². The second-order valence-electron chi connectivity index (χ2n) is 5.89. The van der Waals surface area contributed by atoms with Crippen molar-refractivity contribution >= 4 is 5.91 Å². The highest BCUT2D eigenvalue weighted by Gasteiger charge is 2.32. The van der Waals surface area contributed by atoms with Gasteiger partial charge in [0.1, 0.15) is 0 Å². The normalized spacial score (nSPS) is 23.5. The maximum atomic E-state index is 12.1. The minimum Gasteiger partial charge on any atom is -0.388 e. The molecule has 0 atom stereocenters. The monoisotopic (exact) mass is 270 g/mol. The molecule has 2 saturated heterocycles. The lowest BCUT2D eigenvalue weighted by Crippen LogP contribution is -2.47. The number of aliphatic hydroxyl groups is 1. The van der Waals surface area contributed by atoms with E-state index in [0.717, 1.165) is 19.6 Å². The number of likely N-dealkylation sites (tertiary alicyclic amines) is 1. The van der Waals surface area contributed by atoms with Gasteiger partial charge < -0.3 is 19.6 Å². The molecule has 0 radical (unpaired) electrons. The molecule has 2 aliphatic rings. The van der Waals surface area contributed by atoms with Gasteiger partial charge in [-0.2, -0.15) is 0 Å². The van der Waals surface area contributed by atoms with Crippen molar-refractivity contribution in [1.82, 2.24) is 9.80 Å². The van der Waals surface area contributed by atoms with Crippen LogP contribution in [0.15, 0.2) is 0 Å². The molecule has 2 heterocycles. The van der Waals surface area contributed by atoms with Gasteiger partial charge in [0, 0.05) is 52.6 Å². The highest BCUT2D eigenvalue weighted by Crippen LogP contribution is 2.21. The second-order valence-corrected chi connectivity index (χ2v) is 5.89. The Morgan fingerprint density at radius 3 is 2.58 bits per heavy atom. The summed E-state index contributed by atoms with van der Waals surface area (Å²) in [4.78, 5) is 16.1. The minimum absolute atomic E-state index is 0.131. The molecule has 2 rings (SSSR count). The van der Waals surface area contributed by atoms with E-state index in [-0.39, 0.29) is 5.91 Å². The summed E-state index contributed by atoms with van der Waals surface area (Å²) in [5.74, 6) is 0.131. The molecule has 110 valence electrons. The Morgan fingerprint density at radius 1 is 1.32 bits per heavy atom. The molecule has 0 aromatic rings. The van der Waals surface area contributed by atoms with Gasteiger partial charge in [-0.05, 0) is 25.9 Å². The van der Waals surface area contributed by atoms with Crippen molar-refractivity contribution in [3.8, 4) is 0 Å². The lowest BCUT2D eigenvalue weighted by atomic mass is 9.94. The standard InChI is InChI=1S/C14H26N2O3/c1-15(12-14(18)5-10-19-11-6-14)13(17)4-9-16-7-2-3-8-16/h18H,2-12H2,1H3. The average Bonchev–Trinajstić information content (AvgIpc) is 2.89. The van der Waals surface area contributed by atoms with Gasteiger partial charge in [-0.15, -0.1) is 0 Å². The van der Waals surface area contributed by atoms with Crippen molar-refractivity contribution in [3.05, 3.63) is 0 Å². The molecular weight excluding hydrogens is 244 g/mol. The van der Waals surface area contributed by atoms with Crippen LogP contribution >= 0.6 is 0 Å².